The second kappa shape index (κ2) is 6.35. The van der Waals surface area contributed by atoms with E-state index in [4.69, 9.17) is 38.4 Å². The van der Waals surface area contributed by atoms with Crippen LogP contribution in [0.1, 0.15) is 19.8 Å². The summed E-state index contributed by atoms with van der Waals surface area (Å²) in [7, 11) is 0. The van der Waals surface area contributed by atoms with E-state index in [0.717, 1.165) is 12.8 Å². The quantitative estimate of drug-likeness (QED) is 0.908. The van der Waals surface area contributed by atoms with Gasteiger partial charge in [-0.15, -0.1) is 0 Å². The van der Waals surface area contributed by atoms with Crippen LogP contribution in [0.5, 0.6) is 5.75 Å². The molecule has 0 spiro atoms. The number of rotatable bonds is 5. The van der Waals surface area contributed by atoms with E-state index in [-0.39, 0.29) is 18.2 Å². The molecular weight excluding hydrogens is 287 g/mol. The van der Waals surface area contributed by atoms with Gasteiger partial charge in [0.25, 0.3) is 6.02 Å². The third-order valence-electron chi connectivity index (χ3n) is 2.92. The summed E-state index contributed by atoms with van der Waals surface area (Å²) in [6.07, 6.45) is 1.67. The van der Waals surface area contributed by atoms with Crippen LogP contribution in [0.25, 0.3) is 0 Å². The first-order valence-corrected chi connectivity index (χ1v) is 6.92. The van der Waals surface area contributed by atoms with E-state index in [1.807, 2.05) is 0 Å². The van der Waals surface area contributed by atoms with Crippen LogP contribution >= 0.6 is 23.2 Å². The molecule has 0 fully saturated rings. The molecule has 0 aromatic heterocycles. The van der Waals surface area contributed by atoms with Crippen molar-refractivity contribution < 1.29 is 9.47 Å². The number of amidine groups is 1. The largest absolute Gasteiger partial charge is 0.490 e. The minimum Gasteiger partial charge on any atom is -0.490 e. The molecule has 104 valence electrons. The first-order chi connectivity index (χ1) is 9.08. The molecule has 2 rings (SSSR count). The number of nitrogens with zero attached hydrogens (tertiary/aromatic N) is 1. The van der Waals surface area contributed by atoms with E-state index >= 15 is 0 Å². The van der Waals surface area contributed by atoms with Crippen LogP contribution in [-0.4, -0.2) is 24.8 Å². The topological polar surface area (TPSA) is 56.8 Å². The van der Waals surface area contributed by atoms with E-state index in [1.54, 1.807) is 18.2 Å². The fourth-order valence-corrected chi connectivity index (χ4v) is 2.19. The van der Waals surface area contributed by atoms with Crippen LogP contribution in [0.3, 0.4) is 0 Å². The van der Waals surface area contributed by atoms with Gasteiger partial charge in [0.2, 0.25) is 0 Å². The maximum Gasteiger partial charge on any atom is 0.282 e. The molecule has 0 unspecified atom stereocenters. The van der Waals surface area contributed by atoms with Crippen molar-refractivity contribution in [1.82, 2.24) is 0 Å². The summed E-state index contributed by atoms with van der Waals surface area (Å²) in [5, 5.41) is 1.00. The Bertz CT molecular complexity index is 480. The molecule has 2 N–H and O–H groups in total. The van der Waals surface area contributed by atoms with Gasteiger partial charge in [-0.2, -0.15) is 0 Å². The summed E-state index contributed by atoms with van der Waals surface area (Å²) in [5.41, 5.74) is 5.49. The lowest BCUT2D eigenvalue weighted by Gasteiger charge is -2.19. The molecule has 0 amide bonds. The third kappa shape index (κ3) is 3.91. The Morgan fingerprint density at radius 2 is 2.26 bits per heavy atom. The Morgan fingerprint density at radius 1 is 1.47 bits per heavy atom. The van der Waals surface area contributed by atoms with Gasteiger partial charge in [0.1, 0.15) is 18.5 Å². The first-order valence-electron chi connectivity index (χ1n) is 6.16. The number of benzene rings is 1. The second-order valence-corrected chi connectivity index (χ2v) is 5.21. The molecule has 2 atom stereocenters. The smallest absolute Gasteiger partial charge is 0.282 e. The lowest BCUT2D eigenvalue weighted by atomic mass is 10.1. The van der Waals surface area contributed by atoms with Gasteiger partial charge in [-0.25, -0.2) is 4.99 Å². The van der Waals surface area contributed by atoms with Crippen LogP contribution in [0.2, 0.25) is 10.0 Å². The van der Waals surface area contributed by atoms with Gasteiger partial charge >= 0.3 is 0 Å². The maximum absolute atomic E-state index is 5.96. The average Bonchev–Trinajstić information content (AvgIpc) is 2.78. The molecular formula is C13H16Cl2N2O2. The van der Waals surface area contributed by atoms with Crippen LogP contribution in [0.4, 0.5) is 0 Å². The minimum absolute atomic E-state index is 0.0421. The Balaban J connectivity index is 1.96. The highest BCUT2D eigenvalue weighted by Crippen LogP contribution is 2.28. The van der Waals surface area contributed by atoms with Gasteiger partial charge in [-0.3, -0.25) is 0 Å². The van der Waals surface area contributed by atoms with Crippen LogP contribution in [0.15, 0.2) is 23.2 Å². The Hall–Kier alpha value is -1.13. The zero-order valence-corrected chi connectivity index (χ0v) is 12.1. The summed E-state index contributed by atoms with van der Waals surface area (Å²) in [4.78, 5) is 4.19. The second-order valence-electron chi connectivity index (χ2n) is 4.39. The number of nitrogens with two attached hydrogens (primary N) is 1. The van der Waals surface area contributed by atoms with Gasteiger partial charge in [-0.1, -0.05) is 30.1 Å². The van der Waals surface area contributed by atoms with E-state index in [2.05, 4.69) is 11.9 Å². The zero-order chi connectivity index (χ0) is 13.8. The molecule has 1 aromatic rings. The normalized spacial score (nSPS) is 19.7. The highest BCUT2D eigenvalue weighted by Gasteiger charge is 2.22. The summed E-state index contributed by atoms with van der Waals surface area (Å²) in [5.74, 6) is 0.706. The number of ether oxygens (including phenoxy) is 2. The van der Waals surface area contributed by atoms with Crippen LogP contribution in [0, 0.1) is 0 Å². The molecule has 6 heteroatoms. The van der Waals surface area contributed by atoms with Crippen molar-refractivity contribution in [2.24, 2.45) is 10.7 Å². The van der Waals surface area contributed by atoms with Gasteiger partial charge in [0, 0.05) is 12.5 Å². The molecule has 0 radical (unpaired) electrons. The van der Waals surface area contributed by atoms with Gasteiger partial charge < -0.3 is 15.2 Å². The van der Waals surface area contributed by atoms with Crippen molar-refractivity contribution >= 4 is 29.2 Å². The molecule has 0 saturated heterocycles. The lowest BCUT2D eigenvalue weighted by molar-refractivity contribution is 0.168. The molecule has 0 bridgehead atoms. The van der Waals surface area contributed by atoms with Crippen molar-refractivity contribution in [2.45, 2.75) is 31.9 Å². The average molecular weight is 303 g/mol. The number of hydrogen-bond acceptors (Lipinski definition) is 4. The lowest BCUT2D eigenvalue weighted by Crippen LogP contribution is -2.22. The monoisotopic (exact) mass is 302 g/mol. The van der Waals surface area contributed by atoms with Crippen molar-refractivity contribution in [2.75, 3.05) is 6.61 Å². The molecule has 19 heavy (non-hydrogen) atoms. The van der Waals surface area contributed by atoms with E-state index in [1.165, 1.54) is 0 Å². The standard InChI is InChI=1S/C13H16Cl2N2O2/c1-2-9(5-8-7-18-13(16)17-8)19-10-3-4-11(14)12(15)6-10/h3-4,6,8-9H,2,5,7H2,1H3,(H2,16,17)/t8-,9+/m0/s1. The van der Waals surface area contributed by atoms with E-state index < -0.39 is 0 Å². The number of aliphatic imine (C=N–C) groups is 1. The summed E-state index contributed by atoms with van der Waals surface area (Å²) < 4.78 is 11.0. The molecule has 0 aliphatic carbocycles. The fourth-order valence-electron chi connectivity index (χ4n) is 1.90. The van der Waals surface area contributed by atoms with Crippen molar-refractivity contribution in [3.05, 3.63) is 28.2 Å². The molecule has 0 saturated carbocycles. The molecule has 1 heterocycles. The van der Waals surface area contributed by atoms with Gasteiger partial charge in [0.15, 0.2) is 0 Å². The SMILES string of the molecule is CC[C@H](C[C@H]1COC(N)=N1)Oc1ccc(Cl)c(Cl)c1. The Labute approximate surface area is 122 Å². The van der Waals surface area contributed by atoms with Crippen LogP contribution < -0.4 is 10.5 Å². The number of hydrogen-bond donors (Lipinski definition) is 1. The molecule has 1 aliphatic rings. The van der Waals surface area contributed by atoms with E-state index in [9.17, 15) is 0 Å². The van der Waals surface area contributed by atoms with Gasteiger partial charge in [0.05, 0.1) is 16.1 Å². The molecule has 4 nitrogen and oxygen atoms in total. The first kappa shape index (κ1) is 14.3. The van der Waals surface area contributed by atoms with Crippen molar-refractivity contribution in [1.29, 1.82) is 0 Å². The molecule has 1 aliphatic heterocycles. The Morgan fingerprint density at radius 3 is 2.84 bits per heavy atom. The van der Waals surface area contributed by atoms with Crippen molar-refractivity contribution in [3.63, 3.8) is 0 Å². The Kier molecular flexibility index (Phi) is 4.77. The predicted octanol–water partition coefficient (Wildman–Crippen LogP) is 3.25. The highest BCUT2D eigenvalue weighted by molar-refractivity contribution is 6.42. The number of halogens is 2. The van der Waals surface area contributed by atoms with Gasteiger partial charge in [-0.05, 0) is 18.6 Å². The summed E-state index contributed by atoms with van der Waals surface area (Å²) >= 11 is 11.8. The summed E-state index contributed by atoms with van der Waals surface area (Å²) in [6.45, 7) is 2.58. The van der Waals surface area contributed by atoms with E-state index in [0.29, 0.717) is 22.4 Å². The third-order valence-corrected chi connectivity index (χ3v) is 3.66. The minimum atomic E-state index is 0.0421. The highest BCUT2D eigenvalue weighted by atomic mass is 35.5. The fraction of sp³-hybridized carbons (Fsp3) is 0.462. The predicted molar refractivity (Wildman–Crippen MR) is 77.1 cm³/mol. The maximum atomic E-state index is 5.96. The van der Waals surface area contributed by atoms with Crippen molar-refractivity contribution in [3.8, 4) is 5.75 Å². The summed E-state index contributed by atoms with van der Waals surface area (Å²) in [6, 6.07) is 5.57. The molecule has 1 aromatic carbocycles. The van der Waals surface area contributed by atoms with Crippen LogP contribution in [-0.2, 0) is 4.74 Å². The zero-order valence-electron chi connectivity index (χ0n) is 10.6.